The van der Waals surface area contributed by atoms with Crippen LogP contribution < -0.4 is 5.69 Å². The van der Waals surface area contributed by atoms with Crippen LogP contribution >= 0.6 is 11.6 Å². The minimum Gasteiger partial charge on any atom is -0.378 e. The molecule has 10 heteroatoms. The molecule has 0 spiro atoms. The molecule has 0 N–H and O–H groups in total. The lowest BCUT2D eigenvalue weighted by atomic mass is 10.1. The van der Waals surface area contributed by atoms with Crippen molar-refractivity contribution in [3.8, 4) is 17.2 Å². The zero-order valence-electron chi connectivity index (χ0n) is 21.1. The summed E-state index contributed by atoms with van der Waals surface area (Å²) in [6.45, 7) is 6.31. The van der Waals surface area contributed by atoms with E-state index < -0.39 is 11.5 Å². The Morgan fingerprint density at radius 1 is 1.19 bits per heavy atom. The number of benzene rings is 1. The van der Waals surface area contributed by atoms with Gasteiger partial charge in [-0.1, -0.05) is 31.5 Å². The quantitative estimate of drug-likeness (QED) is 0.419. The summed E-state index contributed by atoms with van der Waals surface area (Å²) in [4.78, 5) is 33.0. The van der Waals surface area contributed by atoms with E-state index in [1.54, 1.807) is 12.3 Å². The number of carbonyl (C=O) groups is 1. The van der Waals surface area contributed by atoms with Crippen LogP contribution in [-0.4, -0.2) is 61.9 Å². The van der Waals surface area contributed by atoms with E-state index in [0.29, 0.717) is 29.9 Å². The number of morpholine rings is 1. The van der Waals surface area contributed by atoms with Crippen LogP contribution in [0.3, 0.4) is 0 Å². The van der Waals surface area contributed by atoms with Gasteiger partial charge in [-0.25, -0.2) is 14.2 Å². The molecule has 0 aliphatic carbocycles. The number of carbonyl (C=O) groups excluding carboxylic acids is 1. The summed E-state index contributed by atoms with van der Waals surface area (Å²) in [7, 11) is 0. The summed E-state index contributed by atoms with van der Waals surface area (Å²) in [6, 6.07) is 8.84. The third kappa shape index (κ3) is 5.54. The minimum absolute atomic E-state index is 0.0873. The molecule has 2 aliphatic heterocycles. The van der Waals surface area contributed by atoms with Crippen molar-refractivity contribution in [3.63, 3.8) is 0 Å². The number of aromatic nitrogens is 4. The van der Waals surface area contributed by atoms with Crippen LogP contribution in [0.25, 0.3) is 17.2 Å². The number of rotatable bonds is 9. The second-order valence-corrected chi connectivity index (χ2v) is 10.7. The standard InChI is InChI=1S/C27H31ClFN5O3/c1-17(2)11-22(35)14-33-26(19-4-7-24(29)23(28)12-19)31-34(27(33)36)25-8-3-18(13-30-25)9-10-32-20-5-6-21(32)16-37-15-20/h3-4,7-8,12-13,17,20-21H,5-6,9-11,14-16H2,1-2H3. The SMILES string of the molecule is CC(C)CC(=O)Cn1c(-c2ccc(F)c(Cl)c2)nn(-c2ccc(CCN3C4CCC3COC4)cn2)c1=O. The highest BCUT2D eigenvalue weighted by atomic mass is 35.5. The number of ketones is 1. The van der Waals surface area contributed by atoms with E-state index in [-0.39, 0.29) is 29.1 Å². The van der Waals surface area contributed by atoms with Gasteiger partial charge in [0, 0.05) is 36.8 Å². The van der Waals surface area contributed by atoms with Gasteiger partial charge in [0.05, 0.1) is 24.8 Å². The highest BCUT2D eigenvalue weighted by Crippen LogP contribution is 2.29. The molecule has 2 aliphatic rings. The second kappa shape index (κ2) is 10.8. The highest BCUT2D eigenvalue weighted by Gasteiger charge is 2.36. The zero-order valence-corrected chi connectivity index (χ0v) is 21.8. The molecule has 0 amide bonds. The fraction of sp³-hybridized carbons (Fsp3) is 0.481. The smallest absolute Gasteiger partial charge is 0.352 e. The maximum absolute atomic E-state index is 13.8. The van der Waals surface area contributed by atoms with E-state index in [0.717, 1.165) is 31.7 Å². The molecule has 2 atom stereocenters. The number of hydrogen-bond acceptors (Lipinski definition) is 6. The van der Waals surface area contributed by atoms with Gasteiger partial charge in [-0.05, 0) is 55.0 Å². The third-order valence-corrected chi connectivity index (χ3v) is 7.38. The summed E-state index contributed by atoms with van der Waals surface area (Å²) in [6.07, 6.45) is 5.33. The van der Waals surface area contributed by atoms with Crippen molar-refractivity contribution in [1.29, 1.82) is 0 Å². The fourth-order valence-electron chi connectivity index (χ4n) is 5.26. The molecule has 2 aromatic heterocycles. The maximum Gasteiger partial charge on any atom is 0.352 e. The van der Waals surface area contributed by atoms with E-state index in [1.165, 1.54) is 40.3 Å². The molecule has 0 radical (unpaired) electrons. The van der Waals surface area contributed by atoms with E-state index in [9.17, 15) is 14.0 Å². The molecular formula is C27H31ClFN5O3. The van der Waals surface area contributed by atoms with Gasteiger partial charge < -0.3 is 4.74 Å². The molecule has 2 unspecified atom stereocenters. The van der Waals surface area contributed by atoms with E-state index in [1.807, 2.05) is 19.9 Å². The lowest BCUT2D eigenvalue weighted by Gasteiger charge is -2.34. The number of pyridine rings is 1. The van der Waals surface area contributed by atoms with Crippen molar-refractivity contribution < 1.29 is 13.9 Å². The third-order valence-electron chi connectivity index (χ3n) is 7.09. The number of fused-ring (bicyclic) bond motifs is 2. The van der Waals surface area contributed by atoms with Gasteiger partial charge in [0.25, 0.3) is 0 Å². The predicted molar refractivity (Wildman–Crippen MR) is 139 cm³/mol. The lowest BCUT2D eigenvalue weighted by Crippen LogP contribution is -2.46. The van der Waals surface area contributed by atoms with Crippen LogP contribution in [0, 0.1) is 11.7 Å². The summed E-state index contributed by atoms with van der Waals surface area (Å²) < 4.78 is 21.9. The molecule has 4 heterocycles. The topological polar surface area (TPSA) is 82.2 Å². The van der Waals surface area contributed by atoms with Crippen LogP contribution in [0.1, 0.15) is 38.7 Å². The van der Waals surface area contributed by atoms with Crippen molar-refractivity contribution in [2.24, 2.45) is 5.92 Å². The minimum atomic E-state index is -0.572. The summed E-state index contributed by atoms with van der Waals surface area (Å²) in [5, 5.41) is 4.39. The molecular weight excluding hydrogens is 497 g/mol. The normalized spacial score (nSPS) is 19.6. The molecule has 3 aromatic rings. The monoisotopic (exact) mass is 527 g/mol. The molecule has 2 saturated heterocycles. The zero-order chi connectivity index (χ0) is 26.1. The van der Waals surface area contributed by atoms with Crippen molar-refractivity contribution >= 4 is 17.4 Å². The number of Topliss-reactive ketones (excluding diaryl/α,β-unsaturated/α-hetero) is 1. The van der Waals surface area contributed by atoms with E-state index in [2.05, 4.69) is 15.0 Å². The fourth-order valence-corrected chi connectivity index (χ4v) is 5.44. The van der Waals surface area contributed by atoms with E-state index in [4.69, 9.17) is 16.3 Å². The number of nitrogens with zero attached hydrogens (tertiary/aromatic N) is 5. The van der Waals surface area contributed by atoms with Gasteiger partial charge in [0.2, 0.25) is 0 Å². The first-order valence-electron chi connectivity index (χ1n) is 12.8. The molecule has 196 valence electrons. The second-order valence-electron chi connectivity index (χ2n) is 10.3. The van der Waals surface area contributed by atoms with Crippen LogP contribution in [0.15, 0.2) is 41.3 Å². The van der Waals surface area contributed by atoms with Crippen LogP contribution in [0.5, 0.6) is 0 Å². The van der Waals surface area contributed by atoms with E-state index >= 15 is 0 Å². The van der Waals surface area contributed by atoms with Gasteiger partial charge >= 0.3 is 5.69 Å². The molecule has 2 bridgehead atoms. The van der Waals surface area contributed by atoms with Gasteiger partial charge in [0.1, 0.15) is 5.82 Å². The van der Waals surface area contributed by atoms with Crippen LogP contribution in [0.4, 0.5) is 4.39 Å². The van der Waals surface area contributed by atoms with Crippen LogP contribution in [0.2, 0.25) is 5.02 Å². The van der Waals surface area contributed by atoms with Gasteiger partial charge in [-0.3, -0.25) is 14.3 Å². The Labute approximate surface area is 220 Å². The van der Waals surface area contributed by atoms with Crippen LogP contribution in [-0.2, 0) is 22.5 Å². The summed E-state index contributed by atoms with van der Waals surface area (Å²) in [5.74, 6) is 0.0784. The molecule has 1 aromatic carbocycles. The molecule has 8 nitrogen and oxygen atoms in total. The van der Waals surface area contributed by atoms with Crippen molar-refractivity contribution in [3.05, 3.63) is 63.4 Å². The number of ether oxygens (including phenoxy) is 1. The summed E-state index contributed by atoms with van der Waals surface area (Å²) >= 11 is 5.99. The number of hydrogen-bond donors (Lipinski definition) is 0. The maximum atomic E-state index is 13.8. The molecule has 2 fully saturated rings. The molecule has 0 saturated carbocycles. The molecule has 37 heavy (non-hydrogen) atoms. The average molecular weight is 528 g/mol. The van der Waals surface area contributed by atoms with Crippen molar-refractivity contribution in [2.45, 2.75) is 58.2 Å². The Bertz CT molecular complexity index is 1320. The Hall–Kier alpha value is -2.88. The first-order valence-corrected chi connectivity index (χ1v) is 13.1. The number of halogens is 2. The Kier molecular flexibility index (Phi) is 7.55. The summed E-state index contributed by atoms with van der Waals surface area (Å²) in [5.41, 5.74) is 1.02. The predicted octanol–water partition coefficient (Wildman–Crippen LogP) is 3.91. The van der Waals surface area contributed by atoms with Crippen molar-refractivity contribution in [2.75, 3.05) is 19.8 Å². The molecule has 5 rings (SSSR count). The van der Waals surface area contributed by atoms with Gasteiger partial charge in [-0.2, -0.15) is 4.68 Å². The largest absolute Gasteiger partial charge is 0.378 e. The van der Waals surface area contributed by atoms with Gasteiger partial charge in [0.15, 0.2) is 17.4 Å². The Balaban J connectivity index is 1.40. The first kappa shape index (κ1) is 25.8. The lowest BCUT2D eigenvalue weighted by molar-refractivity contribution is -0.120. The highest BCUT2D eigenvalue weighted by molar-refractivity contribution is 6.31. The average Bonchev–Trinajstić information content (AvgIpc) is 3.29. The Morgan fingerprint density at radius 3 is 2.59 bits per heavy atom. The Morgan fingerprint density at radius 2 is 1.95 bits per heavy atom. The first-order chi connectivity index (χ1) is 17.8. The van der Waals surface area contributed by atoms with Gasteiger partial charge in [-0.15, -0.1) is 5.10 Å². The van der Waals surface area contributed by atoms with Crippen molar-refractivity contribution in [1.82, 2.24) is 24.2 Å².